The van der Waals surface area contributed by atoms with Crippen molar-refractivity contribution in [1.29, 1.82) is 0 Å². The molecular weight excluding hydrogens is 178 g/mol. The minimum absolute atomic E-state index is 0.156. The number of hydrogen-bond donors (Lipinski definition) is 2. The first-order valence-electron chi connectivity index (χ1n) is 4.33. The normalized spacial score (nSPS) is 10.7. The lowest BCUT2D eigenvalue weighted by molar-refractivity contribution is 0.0698. The van der Waals surface area contributed by atoms with Crippen LogP contribution < -0.4 is 5.73 Å². The molecule has 0 saturated carbocycles. The van der Waals surface area contributed by atoms with Gasteiger partial charge in [0.05, 0.1) is 11.3 Å². The van der Waals surface area contributed by atoms with Gasteiger partial charge in [0.25, 0.3) is 0 Å². The third kappa shape index (κ3) is 1.76. The molecule has 0 atom stereocenters. The molecule has 0 aliphatic carbocycles. The van der Waals surface area contributed by atoms with Crippen molar-refractivity contribution < 1.29 is 9.90 Å². The third-order valence-corrected chi connectivity index (χ3v) is 2.07. The Morgan fingerprint density at radius 2 is 2.14 bits per heavy atom. The molecule has 0 saturated heterocycles. The van der Waals surface area contributed by atoms with E-state index < -0.39 is 5.97 Å². The van der Waals surface area contributed by atoms with Gasteiger partial charge < -0.3 is 10.8 Å². The number of rotatable bonds is 2. The van der Waals surface area contributed by atoms with Crippen LogP contribution in [0, 0.1) is 6.92 Å². The number of carbonyl (C=O) groups is 1. The van der Waals surface area contributed by atoms with Gasteiger partial charge in [-0.05, 0) is 25.5 Å². The number of benzene rings is 1. The highest BCUT2D eigenvalue weighted by atomic mass is 16.4. The van der Waals surface area contributed by atoms with Gasteiger partial charge in [-0.3, -0.25) is 0 Å². The predicted molar refractivity (Wildman–Crippen MR) is 57.3 cm³/mol. The zero-order valence-electron chi connectivity index (χ0n) is 8.24. The van der Waals surface area contributed by atoms with E-state index in [1.54, 1.807) is 6.07 Å². The number of nitrogen functional groups attached to an aromatic ring is 1. The number of carboxylic acids is 1. The second kappa shape index (κ2) is 3.96. The molecule has 1 aromatic carbocycles. The molecule has 0 unspecified atom stereocenters. The molecule has 0 heterocycles. The van der Waals surface area contributed by atoms with E-state index in [0.717, 1.165) is 11.1 Å². The summed E-state index contributed by atoms with van der Waals surface area (Å²) in [6.07, 6.45) is 3.65. The first-order valence-corrected chi connectivity index (χ1v) is 4.33. The average Bonchev–Trinajstić information content (AvgIpc) is 2.11. The van der Waals surface area contributed by atoms with E-state index >= 15 is 0 Å². The van der Waals surface area contributed by atoms with Gasteiger partial charge in [0, 0.05) is 5.56 Å². The molecular formula is C11H13NO2. The molecule has 74 valence electrons. The lowest BCUT2D eigenvalue weighted by Crippen LogP contribution is -2.04. The molecule has 0 aromatic heterocycles. The topological polar surface area (TPSA) is 63.3 Å². The minimum Gasteiger partial charge on any atom is -0.478 e. The van der Waals surface area contributed by atoms with E-state index in [4.69, 9.17) is 10.8 Å². The number of anilines is 1. The lowest BCUT2D eigenvalue weighted by Gasteiger charge is -2.07. The van der Waals surface area contributed by atoms with Crippen LogP contribution >= 0.6 is 0 Å². The van der Waals surface area contributed by atoms with Crippen molar-refractivity contribution in [1.82, 2.24) is 0 Å². The van der Waals surface area contributed by atoms with Crippen LogP contribution in [0.25, 0.3) is 6.08 Å². The molecule has 0 radical (unpaired) electrons. The van der Waals surface area contributed by atoms with Gasteiger partial charge in [0.2, 0.25) is 0 Å². The van der Waals surface area contributed by atoms with E-state index in [1.165, 1.54) is 6.07 Å². The fourth-order valence-electron chi connectivity index (χ4n) is 1.32. The van der Waals surface area contributed by atoms with Crippen LogP contribution in [0.15, 0.2) is 18.2 Å². The van der Waals surface area contributed by atoms with Crippen LogP contribution in [-0.4, -0.2) is 11.1 Å². The molecule has 1 aromatic rings. The van der Waals surface area contributed by atoms with Gasteiger partial charge in [-0.25, -0.2) is 4.79 Å². The van der Waals surface area contributed by atoms with E-state index in [1.807, 2.05) is 26.0 Å². The van der Waals surface area contributed by atoms with Crippen molar-refractivity contribution in [2.75, 3.05) is 5.73 Å². The summed E-state index contributed by atoms with van der Waals surface area (Å²) in [5, 5.41) is 8.85. The number of hydrogen-bond acceptors (Lipinski definition) is 2. The van der Waals surface area contributed by atoms with Gasteiger partial charge in [-0.2, -0.15) is 0 Å². The SMILES string of the molecule is C/C=C\c1c(C)ccc(C(=O)O)c1N. The van der Waals surface area contributed by atoms with Crippen LogP contribution in [0.3, 0.4) is 0 Å². The molecule has 0 aliphatic heterocycles. The Morgan fingerprint density at radius 1 is 1.50 bits per heavy atom. The molecule has 14 heavy (non-hydrogen) atoms. The highest BCUT2D eigenvalue weighted by Gasteiger charge is 2.11. The summed E-state index contributed by atoms with van der Waals surface area (Å²) in [5.41, 5.74) is 7.99. The van der Waals surface area contributed by atoms with Gasteiger partial charge in [0.15, 0.2) is 0 Å². The first-order chi connectivity index (χ1) is 6.57. The van der Waals surface area contributed by atoms with Crippen molar-refractivity contribution in [2.24, 2.45) is 0 Å². The molecule has 1 rings (SSSR count). The zero-order chi connectivity index (χ0) is 10.7. The fourth-order valence-corrected chi connectivity index (χ4v) is 1.32. The lowest BCUT2D eigenvalue weighted by atomic mass is 10.0. The first kappa shape index (κ1) is 10.3. The summed E-state index contributed by atoms with van der Waals surface area (Å²) >= 11 is 0. The summed E-state index contributed by atoms with van der Waals surface area (Å²) in [6.45, 7) is 3.77. The van der Waals surface area contributed by atoms with E-state index in [9.17, 15) is 4.79 Å². The summed E-state index contributed by atoms with van der Waals surface area (Å²) in [7, 11) is 0. The summed E-state index contributed by atoms with van der Waals surface area (Å²) in [6, 6.07) is 3.29. The monoisotopic (exact) mass is 191 g/mol. The van der Waals surface area contributed by atoms with Crippen molar-refractivity contribution in [2.45, 2.75) is 13.8 Å². The molecule has 3 N–H and O–H groups in total. The maximum Gasteiger partial charge on any atom is 0.337 e. The quantitative estimate of drug-likeness (QED) is 0.705. The second-order valence-electron chi connectivity index (χ2n) is 3.06. The Labute approximate surface area is 82.9 Å². The Bertz CT molecular complexity index is 395. The standard InChI is InChI=1S/C11H13NO2/c1-3-4-8-7(2)5-6-9(10(8)12)11(13)14/h3-6H,12H2,1-2H3,(H,13,14)/b4-3-. The maximum absolute atomic E-state index is 10.8. The third-order valence-electron chi connectivity index (χ3n) is 2.07. The molecule has 0 bridgehead atoms. The Morgan fingerprint density at radius 3 is 2.64 bits per heavy atom. The van der Waals surface area contributed by atoms with Crippen LogP contribution in [0.2, 0.25) is 0 Å². The Kier molecular flexibility index (Phi) is 2.92. The number of allylic oxidation sites excluding steroid dienone is 1. The molecule has 3 nitrogen and oxygen atoms in total. The summed E-state index contributed by atoms with van der Waals surface area (Å²) in [4.78, 5) is 10.8. The number of aryl methyl sites for hydroxylation is 1. The Hall–Kier alpha value is -1.77. The minimum atomic E-state index is -0.992. The smallest absolute Gasteiger partial charge is 0.337 e. The molecule has 0 fully saturated rings. The van der Waals surface area contributed by atoms with Crippen LogP contribution in [0.1, 0.15) is 28.4 Å². The van der Waals surface area contributed by atoms with Gasteiger partial charge in [-0.1, -0.05) is 18.2 Å². The van der Waals surface area contributed by atoms with Gasteiger partial charge in [-0.15, -0.1) is 0 Å². The van der Waals surface area contributed by atoms with E-state index in [2.05, 4.69) is 0 Å². The summed E-state index contributed by atoms with van der Waals surface area (Å²) in [5.74, 6) is -0.992. The largest absolute Gasteiger partial charge is 0.478 e. The van der Waals surface area contributed by atoms with Crippen molar-refractivity contribution in [3.8, 4) is 0 Å². The number of aromatic carboxylic acids is 1. The highest BCUT2D eigenvalue weighted by Crippen LogP contribution is 2.22. The van der Waals surface area contributed by atoms with E-state index in [-0.39, 0.29) is 5.56 Å². The Balaban J connectivity index is 3.40. The van der Waals surface area contributed by atoms with Crippen molar-refractivity contribution in [3.05, 3.63) is 34.9 Å². The number of carboxylic acid groups (broad SMARTS) is 1. The second-order valence-corrected chi connectivity index (χ2v) is 3.06. The number of nitrogens with two attached hydrogens (primary N) is 1. The zero-order valence-corrected chi connectivity index (χ0v) is 8.24. The van der Waals surface area contributed by atoms with E-state index in [0.29, 0.717) is 5.69 Å². The maximum atomic E-state index is 10.8. The van der Waals surface area contributed by atoms with Crippen LogP contribution in [0.4, 0.5) is 5.69 Å². The highest BCUT2D eigenvalue weighted by molar-refractivity contribution is 5.96. The van der Waals surface area contributed by atoms with Gasteiger partial charge >= 0.3 is 5.97 Å². The fraction of sp³-hybridized carbons (Fsp3) is 0.182. The molecule has 3 heteroatoms. The van der Waals surface area contributed by atoms with Crippen LogP contribution in [-0.2, 0) is 0 Å². The average molecular weight is 191 g/mol. The molecule has 0 spiro atoms. The molecule has 0 aliphatic rings. The predicted octanol–water partition coefficient (Wildman–Crippen LogP) is 2.31. The molecule has 0 amide bonds. The van der Waals surface area contributed by atoms with Gasteiger partial charge in [0.1, 0.15) is 0 Å². The van der Waals surface area contributed by atoms with Crippen molar-refractivity contribution >= 4 is 17.7 Å². The van der Waals surface area contributed by atoms with Crippen LogP contribution in [0.5, 0.6) is 0 Å². The van der Waals surface area contributed by atoms with Crippen molar-refractivity contribution in [3.63, 3.8) is 0 Å². The summed E-state index contributed by atoms with van der Waals surface area (Å²) < 4.78 is 0.